The summed E-state index contributed by atoms with van der Waals surface area (Å²) in [5.41, 5.74) is 1.11. The van der Waals surface area contributed by atoms with Crippen molar-refractivity contribution in [3.8, 4) is 0 Å². The molecule has 0 bridgehead atoms. The topological polar surface area (TPSA) is 48.5 Å². The van der Waals surface area contributed by atoms with Crippen LogP contribution in [-0.4, -0.2) is 55.6 Å². The standard InChI is InChI=1S/C13H20N4O/c1-10-5-4-6-15-12(10)17-8-7-14-9-11(17)13(18)16(2)3/h4-6,11,14H,7-9H2,1-3H3. The molecule has 0 aromatic carbocycles. The van der Waals surface area contributed by atoms with Gasteiger partial charge in [0, 0.05) is 39.9 Å². The first kappa shape index (κ1) is 12.8. The number of pyridine rings is 1. The summed E-state index contributed by atoms with van der Waals surface area (Å²) in [6.07, 6.45) is 1.78. The van der Waals surface area contributed by atoms with Crippen molar-refractivity contribution in [2.24, 2.45) is 0 Å². The number of aromatic nitrogens is 1. The molecule has 2 heterocycles. The Morgan fingerprint density at radius 3 is 3.00 bits per heavy atom. The summed E-state index contributed by atoms with van der Waals surface area (Å²) in [6, 6.07) is 3.79. The number of likely N-dealkylation sites (N-methyl/N-ethyl adjacent to an activating group) is 1. The van der Waals surface area contributed by atoms with E-state index in [1.54, 1.807) is 25.2 Å². The Balaban J connectivity index is 2.29. The van der Waals surface area contributed by atoms with Crippen molar-refractivity contribution in [1.82, 2.24) is 15.2 Å². The van der Waals surface area contributed by atoms with Gasteiger partial charge in [0.25, 0.3) is 0 Å². The van der Waals surface area contributed by atoms with Crippen LogP contribution in [0.3, 0.4) is 0 Å². The van der Waals surface area contributed by atoms with Gasteiger partial charge in [-0.2, -0.15) is 0 Å². The van der Waals surface area contributed by atoms with Gasteiger partial charge in [0.05, 0.1) is 0 Å². The van der Waals surface area contributed by atoms with Crippen LogP contribution >= 0.6 is 0 Å². The average molecular weight is 248 g/mol. The Hall–Kier alpha value is -1.62. The minimum atomic E-state index is -0.164. The van der Waals surface area contributed by atoms with E-state index in [1.807, 2.05) is 19.1 Å². The fraction of sp³-hybridized carbons (Fsp3) is 0.538. The summed E-state index contributed by atoms with van der Waals surface area (Å²) in [4.78, 5) is 20.4. The fourth-order valence-electron chi connectivity index (χ4n) is 2.25. The third kappa shape index (κ3) is 2.46. The van der Waals surface area contributed by atoms with E-state index in [0.29, 0.717) is 6.54 Å². The van der Waals surface area contributed by atoms with Gasteiger partial charge in [-0.25, -0.2) is 4.98 Å². The van der Waals surface area contributed by atoms with Crippen LogP contribution in [0.5, 0.6) is 0 Å². The lowest BCUT2D eigenvalue weighted by molar-refractivity contribution is -0.130. The first-order chi connectivity index (χ1) is 8.61. The summed E-state index contributed by atoms with van der Waals surface area (Å²) < 4.78 is 0. The zero-order valence-electron chi connectivity index (χ0n) is 11.2. The lowest BCUT2D eigenvalue weighted by Crippen LogP contribution is -2.58. The number of nitrogens with one attached hydrogen (secondary N) is 1. The molecule has 0 aliphatic carbocycles. The molecule has 1 aliphatic heterocycles. The lowest BCUT2D eigenvalue weighted by atomic mass is 10.1. The van der Waals surface area contributed by atoms with Crippen molar-refractivity contribution in [3.05, 3.63) is 23.9 Å². The van der Waals surface area contributed by atoms with Gasteiger partial charge in [-0.15, -0.1) is 0 Å². The predicted octanol–water partition coefficient (Wildman–Crippen LogP) is 0.256. The Labute approximate surface area is 108 Å². The molecule has 1 aliphatic rings. The van der Waals surface area contributed by atoms with Gasteiger partial charge in [0.15, 0.2) is 0 Å². The quantitative estimate of drug-likeness (QED) is 0.815. The van der Waals surface area contributed by atoms with Crippen molar-refractivity contribution >= 4 is 11.7 Å². The van der Waals surface area contributed by atoms with E-state index in [4.69, 9.17) is 0 Å². The maximum atomic E-state index is 12.2. The van der Waals surface area contributed by atoms with Gasteiger partial charge in [0.1, 0.15) is 11.9 Å². The summed E-state index contributed by atoms with van der Waals surface area (Å²) in [6.45, 7) is 4.39. The van der Waals surface area contributed by atoms with Crippen LogP contribution in [-0.2, 0) is 4.79 Å². The number of amides is 1. The number of piperazine rings is 1. The van der Waals surface area contributed by atoms with Crippen LogP contribution < -0.4 is 10.2 Å². The highest BCUT2D eigenvalue weighted by atomic mass is 16.2. The van der Waals surface area contributed by atoms with Crippen LogP contribution in [0.4, 0.5) is 5.82 Å². The highest BCUT2D eigenvalue weighted by Gasteiger charge is 2.31. The number of aryl methyl sites for hydroxylation is 1. The third-order valence-electron chi connectivity index (χ3n) is 3.22. The van der Waals surface area contributed by atoms with Crippen molar-refractivity contribution in [1.29, 1.82) is 0 Å². The first-order valence-electron chi connectivity index (χ1n) is 6.21. The molecule has 0 radical (unpaired) electrons. The number of rotatable bonds is 2. The molecular weight excluding hydrogens is 228 g/mol. The van der Waals surface area contributed by atoms with Crippen molar-refractivity contribution in [2.45, 2.75) is 13.0 Å². The minimum Gasteiger partial charge on any atom is -0.347 e. The summed E-state index contributed by atoms with van der Waals surface area (Å²) in [5.74, 6) is 1.03. The van der Waals surface area contributed by atoms with Gasteiger partial charge in [-0.05, 0) is 18.6 Å². The number of hydrogen-bond donors (Lipinski definition) is 1. The Morgan fingerprint density at radius 2 is 2.33 bits per heavy atom. The molecule has 1 atom stereocenters. The van der Waals surface area contributed by atoms with Gasteiger partial charge in [-0.3, -0.25) is 4.79 Å². The fourth-order valence-corrected chi connectivity index (χ4v) is 2.25. The highest BCUT2D eigenvalue weighted by molar-refractivity contribution is 5.85. The Kier molecular flexibility index (Phi) is 3.81. The molecule has 5 heteroatoms. The zero-order valence-corrected chi connectivity index (χ0v) is 11.2. The number of carbonyl (C=O) groups is 1. The summed E-state index contributed by atoms with van der Waals surface area (Å²) in [7, 11) is 3.58. The molecule has 1 aromatic rings. The smallest absolute Gasteiger partial charge is 0.246 e. The number of nitrogens with zero attached hydrogens (tertiary/aromatic N) is 3. The van der Waals surface area contributed by atoms with Crippen LogP contribution in [0.15, 0.2) is 18.3 Å². The lowest BCUT2D eigenvalue weighted by Gasteiger charge is -2.37. The van der Waals surface area contributed by atoms with Crippen molar-refractivity contribution in [3.63, 3.8) is 0 Å². The molecule has 98 valence electrons. The molecule has 2 rings (SSSR count). The number of anilines is 1. The summed E-state index contributed by atoms with van der Waals surface area (Å²) >= 11 is 0. The van der Waals surface area contributed by atoms with Gasteiger partial charge in [-0.1, -0.05) is 6.07 Å². The van der Waals surface area contributed by atoms with E-state index in [-0.39, 0.29) is 11.9 Å². The molecule has 1 unspecified atom stereocenters. The van der Waals surface area contributed by atoms with Crippen LogP contribution in [0.25, 0.3) is 0 Å². The maximum Gasteiger partial charge on any atom is 0.246 e. The summed E-state index contributed by atoms with van der Waals surface area (Å²) in [5, 5.41) is 3.27. The van der Waals surface area contributed by atoms with Crippen LogP contribution in [0, 0.1) is 6.92 Å². The second-order valence-electron chi connectivity index (χ2n) is 4.79. The maximum absolute atomic E-state index is 12.2. The molecule has 0 saturated carbocycles. The van der Waals surface area contributed by atoms with Crippen molar-refractivity contribution < 1.29 is 4.79 Å². The Bertz CT molecular complexity index is 433. The largest absolute Gasteiger partial charge is 0.347 e. The zero-order chi connectivity index (χ0) is 13.1. The molecule has 1 aromatic heterocycles. The molecule has 1 N–H and O–H groups in total. The molecule has 18 heavy (non-hydrogen) atoms. The number of hydrogen-bond acceptors (Lipinski definition) is 4. The second kappa shape index (κ2) is 5.35. The van der Waals surface area contributed by atoms with E-state index in [9.17, 15) is 4.79 Å². The molecule has 1 amide bonds. The average Bonchev–Trinajstić information content (AvgIpc) is 2.38. The Morgan fingerprint density at radius 1 is 1.56 bits per heavy atom. The van der Waals surface area contributed by atoms with E-state index < -0.39 is 0 Å². The monoisotopic (exact) mass is 248 g/mol. The number of carbonyl (C=O) groups excluding carboxylic acids is 1. The van der Waals surface area contributed by atoms with Crippen LogP contribution in [0.2, 0.25) is 0 Å². The molecular formula is C13H20N4O. The molecule has 1 saturated heterocycles. The van der Waals surface area contributed by atoms with Gasteiger partial charge < -0.3 is 15.1 Å². The van der Waals surface area contributed by atoms with Crippen LogP contribution in [0.1, 0.15) is 5.56 Å². The molecule has 5 nitrogen and oxygen atoms in total. The second-order valence-corrected chi connectivity index (χ2v) is 4.79. The van der Waals surface area contributed by atoms with E-state index in [1.165, 1.54) is 0 Å². The van der Waals surface area contributed by atoms with Crippen molar-refractivity contribution in [2.75, 3.05) is 38.6 Å². The SMILES string of the molecule is Cc1cccnc1N1CCNCC1C(=O)N(C)C. The third-order valence-corrected chi connectivity index (χ3v) is 3.22. The first-order valence-corrected chi connectivity index (χ1v) is 6.21. The van der Waals surface area contributed by atoms with E-state index >= 15 is 0 Å². The minimum absolute atomic E-state index is 0.118. The van der Waals surface area contributed by atoms with Gasteiger partial charge in [0.2, 0.25) is 5.91 Å². The predicted molar refractivity (Wildman–Crippen MR) is 71.7 cm³/mol. The molecule has 0 spiro atoms. The highest BCUT2D eigenvalue weighted by Crippen LogP contribution is 2.20. The normalized spacial score (nSPS) is 19.7. The van der Waals surface area contributed by atoms with E-state index in [0.717, 1.165) is 24.5 Å². The van der Waals surface area contributed by atoms with E-state index in [2.05, 4.69) is 15.2 Å². The van der Waals surface area contributed by atoms with Gasteiger partial charge >= 0.3 is 0 Å². The molecule has 1 fully saturated rings.